The summed E-state index contributed by atoms with van der Waals surface area (Å²) in [6.07, 6.45) is 3.78. The first-order valence-corrected chi connectivity index (χ1v) is 3.54. The number of allylic oxidation sites excluding steroid dienone is 2. The number of hydrogen-bond acceptors (Lipinski definition) is 2. The molecule has 0 amide bonds. The lowest BCUT2D eigenvalue weighted by Crippen LogP contribution is -2.15. The molecular weight excluding hydrogens is 112 g/mol. The first-order chi connectivity index (χ1) is 4.29. The lowest BCUT2D eigenvalue weighted by molar-refractivity contribution is 0.637. The van der Waals surface area contributed by atoms with Crippen LogP contribution in [0.1, 0.15) is 19.3 Å². The molecule has 0 aromatic heterocycles. The zero-order chi connectivity index (χ0) is 6.43. The summed E-state index contributed by atoms with van der Waals surface area (Å²) in [5, 5.41) is 0. The molecular formula is C7H12N2. The standard InChI is InChI=1S/C7H12N2/c8-6-4-1-2-5(3-4)7(6)9/h4-5H,1-3,8-9H2. The Morgan fingerprint density at radius 1 is 1.00 bits per heavy atom. The van der Waals surface area contributed by atoms with Gasteiger partial charge in [0.25, 0.3) is 0 Å². The first-order valence-electron chi connectivity index (χ1n) is 3.54. The van der Waals surface area contributed by atoms with Crippen molar-refractivity contribution in [2.45, 2.75) is 19.3 Å². The molecule has 2 atom stereocenters. The average Bonchev–Trinajstić information content (AvgIpc) is 2.37. The molecule has 2 unspecified atom stereocenters. The summed E-state index contributed by atoms with van der Waals surface area (Å²) in [4.78, 5) is 0. The molecule has 9 heavy (non-hydrogen) atoms. The molecule has 0 spiro atoms. The summed E-state index contributed by atoms with van der Waals surface area (Å²) >= 11 is 0. The zero-order valence-electron chi connectivity index (χ0n) is 5.43. The SMILES string of the molecule is NC1=C(N)C2CCC1C2. The van der Waals surface area contributed by atoms with Gasteiger partial charge in [-0.15, -0.1) is 0 Å². The molecule has 0 radical (unpaired) electrons. The van der Waals surface area contributed by atoms with Gasteiger partial charge >= 0.3 is 0 Å². The van der Waals surface area contributed by atoms with Crippen LogP contribution in [-0.2, 0) is 0 Å². The third kappa shape index (κ3) is 0.506. The van der Waals surface area contributed by atoms with Crippen molar-refractivity contribution in [3.8, 4) is 0 Å². The Labute approximate surface area is 54.9 Å². The van der Waals surface area contributed by atoms with Crippen LogP contribution in [0.25, 0.3) is 0 Å². The fourth-order valence-corrected chi connectivity index (χ4v) is 2.02. The highest BCUT2D eigenvalue weighted by Gasteiger charge is 2.36. The van der Waals surface area contributed by atoms with E-state index in [2.05, 4.69) is 0 Å². The van der Waals surface area contributed by atoms with E-state index in [0.29, 0.717) is 11.8 Å². The summed E-state index contributed by atoms with van der Waals surface area (Å²) in [6, 6.07) is 0. The van der Waals surface area contributed by atoms with Crippen LogP contribution in [0.2, 0.25) is 0 Å². The van der Waals surface area contributed by atoms with Gasteiger partial charge in [-0.25, -0.2) is 0 Å². The quantitative estimate of drug-likeness (QED) is 0.495. The zero-order valence-corrected chi connectivity index (χ0v) is 5.43. The molecule has 0 aromatic carbocycles. The Hall–Kier alpha value is -0.660. The molecule has 2 rings (SSSR count). The van der Waals surface area contributed by atoms with Gasteiger partial charge in [0.15, 0.2) is 0 Å². The first kappa shape index (κ1) is 5.15. The largest absolute Gasteiger partial charge is 0.400 e. The summed E-state index contributed by atoms with van der Waals surface area (Å²) in [5.41, 5.74) is 13.4. The minimum Gasteiger partial charge on any atom is -0.400 e. The predicted molar refractivity (Wildman–Crippen MR) is 36.2 cm³/mol. The Morgan fingerprint density at radius 3 is 1.67 bits per heavy atom. The summed E-state index contributed by atoms with van der Waals surface area (Å²) in [7, 11) is 0. The number of nitrogens with two attached hydrogens (primary N) is 2. The second-order valence-electron chi connectivity index (χ2n) is 3.12. The van der Waals surface area contributed by atoms with E-state index in [9.17, 15) is 0 Å². The lowest BCUT2D eigenvalue weighted by Gasteiger charge is -2.11. The van der Waals surface area contributed by atoms with Gasteiger partial charge in [0.05, 0.1) is 0 Å². The lowest BCUT2D eigenvalue weighted by atomic mass is 10.0. The summed E-state index contributed by atoms with van der Waals surface area (Å²) < 4.78 is 0. The van der Waals surface area contributed by atoms with Crippen LogP contribution < -0.4 is 11.5 Å². The van der Waals surface area contributed by atoms with Crippen LogP contribution in [0.3, 0.4) is 0 Å². The molecule has 2 heteroatoms. The van der Waals surface area contributed by atoms with Crippen molar-refractivity contribution >= 4 is 0 Å². The van der Waals surface area contributed by atoms with E-state index in [0.717, 1.165) is 11.4 Å². The van der Waals surface area contributed by atoms with Crippen LogP contribution in [0.4, 0.5) is 0 Å². The van der Waals surface area contributed by atoms with E-state index in [4.69, 9.17) is 11.5 Å². The summed E-state index contributed by atoms with van der Waals surface area (Å²) in [5.74, 6) is 1.30. The third-order valence-electron chi connectivity index (χ3n) is 2.65. The van der Waals surface area contributed by atoms with Crippen LogP contribution in [0, 0.1) is 11.8 Å². The highest BCUT2D eigenvalue weighted by Crippen LogP contribution is 2.44. The third-order valence-corrected chi connectivity index (χ3v) is 2.65. The molecule has 4 N–H and O–H groups in total. The molecule has 2 nitrogen and oxygen atoms in total. The highest BCUT2D eigenvalue weighted by atomic mass is 14.8. The second-order valence-corrected chi connectivity index (χ2v) is 3.12. The van der Waals surface area contributed by atoms with Gasteiger partial charge in [0.1, 0.15) is 0 Å². The van der Waals surface area contributed by atoms with E-state index >= 15 is 0 Å². The van der Waals surface area contributed by atoms with Crippen LogP contribution in [0.15, 0.2) is 11.4 Å². The molecule has 0 saturated heterocycles. The van der Waals surface area contributed by atoms with Gasteiger partial charge in [-0.3, -0.25) is 0 Å². The van der Waals surface area contributed by atoms with Crippen LogP contribution in [-0.4, -0.2) is 0 Å². The molecule has 0 aromatic rings. The maximum absolute atomic E-state index is 5.72. The fraction of sp³-hybridized carbons (Fsp3) is 0.714. The van der Waals surface area contributed by atoms with Crippen molar-refractivity contribution in [3.63, 3.8) is 0 Å². The predicted octanol–water partition coefficient (Wildman–Crippen LogP) is 0.545. The number of hydrogen-bond donors (Lipinski definition) is 2. The number of fused-ring (bicyclic) bond motifs is 2. The van der Waals surface area contributed by atoms with Gasteiger partial charge in [0.2, 0.25) is 0 Å². The van der Waals surface area contributed by atoms with Gasteiger partial charge in [-0.2, -0.15) is 0 Å². The second kappa shape index (κ2) is 1.43. The summed E-state index contributed by atoms with van der Waals surface area (Å²) in [6.45, 7) is 0. The van der Waals surface area contributed by atoms with Gasteiger partial charge < -0.3 is 11.5 Å². The Balaban J connectivity index is 2.36. The molecule has 50 valence electrons. The molecule has 1 fully saturated rings. The topological polar surface area (TPSA) is 52.0 Å². The monoisotopic (exact) mass is 124 g/mol. The van der Waals surface area contributed by atoms with Gasteiger partial charge in [-0.05, 0) is 19.3 Å². The molecule has 2 aliphatic rings. The minimum absolute atomic E-state index is 0.648. The Morgan fingerprint density at radius 2 is 1.44 bits per heavy atom. The van der Waals surface area contributed by atoms with E-state index in [1.54, 1.807) is 0 Å². The van der Waals surface area contributed by atoms with Crippen molar-refractivity contribution in [1.82, 2.24) is 0 Å². The van der Waals surface area contributed by atoms with E-state index in [-0.39, 0.29) is 0 Å². The minimum atomic E-state index is 0.648. The molecule has 2 bridgehead atoms. The van der Waals surface area contributed by atoms with Crippen molar-refractivity contribution in [2.24, 2.45) is 23.3 Å². The normalized spacial score (nSPS) is 40.4. The Bertz CT molecular complexity index is 154. The maximum atomic E-state index is 5.72. The van der Waals surface area contributed by atoms with E-state index < -0.39 is 0 Å². The Kier molecular flexibility index (Phi) is 0.821. The molecule has 2 aliphatic carbocycles. The smallest absolute Gasteiger partial charge is 0.0306 e. The fourth-order valence-electron chi connectivity index (χ4n) is 2.02. The molecule has 1 saturated carbocycles. The highest BCUT2D eigenvalue weighted by molar-refractivity contribution is 5.23. The van der Waals surface area contributed by atoms with E-state index in [1.807, 2.05) is 0 Å². The average molecular weight is 124 g/mol. The van der Waals surface area contributed by atoms with Crippen molar-refractivity contribution in [1.29, 1.82) is 0 Å². The van der Waals surface area contributed by atoms with Crippen molar-refractivity contribution < 1.29 is 0 Å². The molecule has 0 heterocycles. The van der Waals surface area contributed by atoms with Crippen LogP contribution in [0.5, 0.6) is 0 Å². The van der Waals surface area contributed by atoms with Gasteiger partial charge in [0, 0.05) is 23.2 Å². The van der Waals surface area contributed by atoms with Crippen LogP contribution >= 0.6 is 0 Å². The van der Waals surface area contributed by atoms with E-state index in [1.165, 1.54) is 19.3 Å². The maximum Gasteiger partial charge on any atom is 0.0306 e. The number of rotatable bonds is 0. The van der Waals surface area contributed by atoms with Crippen molar-refractivity contribution in [3.05, 3.63) is 11.4 Å². The molecule has 0 aliphatic heterocycles. The van der Waals surface area contributed by atoms with Crippen molar-refractivity contribution in [2.75, 3.05) is 0 Å². The van der Waals surface area contributed by atoms with Gasteiger partial charge in [-0.1, -0.05) is 0 Å².